The molecular formula is C21H16FN3O4S. The molecule has 3 aromatic carbocycles. The van der Waals surface area contributed by atoms with Crippen LogP contribution in [-0.4, -0.2) is 20.2 Å². The van der Waals surface area contributed by atoms with E-state index < -0.39 is 21.7 Å². The predicted molar refractivity (Wildman–Crippen MR) is 110 cm³/mol. The second-order valence-electron chi connectivity index (χ2n) is 6.66. The summed E-state index contributed by atoms with van der Waals surface area (Å²) in [6.07, 6.45) is 0.107. The van der Waals surface area contributed by atoms with Crippen molar-refractivity contribution in [1.82, 2.24) is 0 Å². The monoisotopic (exact) mass is 425 g/mol. The highest BCUT2D eigenvalue weighted by Crippen LogP contribution is 2.27. The Balaban J connectivity index is 1.59. The number of amides is 2. The van der Waals surface area contributed by atoms with Crippen molar-refractivity contribution in [3.05, 3.63) is 83.7 Å². The van der Waals surface area contributed by atoms with Crippen LogP contribution in [0.3, 0.4) is 0 Å². The van der Waals surface area contributed by atoms with Gasteiger partial charge >= 0.3 is 0 Å². The molecule has 0 atom stereocenters. The lowest BCUT2D eigenvalue weighted by Gasteiger charge is -2.13. The van der Waals surface area contributed by atoms with Crippen LogP contribution < -0.4 is 15.4 Å². The number of fused-ring (bicyclic) bond motifs is 1. The van der Waals surface area contributed by atoms with E-state index in [9.17, 15) is 22.4 Å². The van der Waals surface area contributed by atoms with Crippen LogP contribution in [0.2, 0.25) is 0 Å². The highest BCUT2D eigenvalue weighted by molar-refractivity contribution is 7.92. The van der Waals surface area contributed by atoms with Crippen molar-refractivity contribution < 1.29 is 22.4 Å². The number of hydrogen-bond acceptors (Lipinski definition) is 4. The molecule has 1 aliphatic heterocycles. The molecule has 2 amide bonds. The number of carbonyl (C=O) groups is 2. The van der Waals surface area contributed by atoms with Gasteiger partial charge in [-0.05, 0) is 60.2 Å². The van der Waals surface area contributed by atoms with Gasteiger partial charge in [0.15, 0.2) is 0 Å². The van der Waals surface area contributed by atoms with E-state index in [-0.39, 0.29) is 28.5 Å². The fourth-order valence-corrected chi connectivity index (χ4v) is 4.21. The molecule has 30 heavy (non-hydrogen) atoms. The molecule has 3 N–H and O–H groups in total. The fourth-order valence-electron chi connectivity index (χ4n) is 3.08. The maximum Gasteiger partial charge on any atom is 0.261 e. The van der Waals surface area contributed by atoms with E-state index >= 15 is 0 Å². The Kier molecular flexibility index (Phi) is 4.96. The maximum absolute atomic E-state index is 13.1. The molecule has 0 unspecified atom stereocenters. The zero-order valence-electron chi connectivity index (χ0n) is 15.5. The number of halogens is 1. The summed E-state index contributed by atoms with van der Waals surface area (Å²) in [6.45, 7) is 0. The fraction of sp³-hybridized carbons (Fsp3) is 0.0476. The van der Waals surface area contributed by atoms with Gasteiger partial charge in [0.05, 0.1) is 22.6 Å². The van der Waals surface area contributed by atoms with Gasteiger partial charge in [0, 0.05) is 11.4 Å². The average Bonchev–Trinajstić information content (AvgIpc) is 3.09. The molecule has 1 heterocycles. The van der Waals surface area contributed by atoms with Gasteiger partial charge in [0.1, 0.15) is 5.82 Å². The Morgan fingerprint density at radius 1 is 1.00 bits per heavy atom. The average molecular weight is 425 g/mol. The van der Waals surface area contributed by atoms with Crippen molar-refractivity contribution in [2.75, 3.05) is 15.4 Å². The smallest absolute Gasteiger partial charge is 0.261 e. The number of benzene rings is 3. The van der Waals surface area contributed by atoms with Crippen molar-refractivity contribution in [2.45, 2.75) is 11.3 Å². The van der Waals surface area contributed by atoms with E-state index in [4.69, 9.17) is 0 Å². The van der Waals surface area contributed by atoms with Gasteiger partial charge in [-0.25, -0.2) is 12.8 Å². The van der Waals surface area contributed by atoms with Crippen LogP contribution in [0.15, 0.2) is 71.6 Å². The van der Waals surface area contributed by atoms with Crippen molar-refractivity contribution in [2.24, 2.45) is 0 Å². The zero-order chi connectivity index (χ0) is 21.3. The summed E-state index contributed by atoms with van der Waals surface area (Å²) in [4.78, 5) is 24.1. The van der Waals surface area contributed by atoms with Crippen LogP contribution in [0.4, 0.5) is 21.5 Å². The number of nitrogens with one attached hydrogen (secondary N) is 3. The third kappa shape index (κ3) is 4.01. The lowest BCUT2D eigenvalue weighted by molar-refractivity contribution is -0.115. The molecule has 152 valence electrons. The molecule has 4 rings (SSSR count). The van der Waals surface area contributed by atoms with Crippen LogP contribution in [0, 0.1) is 5.82 Å². The lowest BCUT2D eigenvalue weighted by Crippen LogP contribution is -2.18. The third-order valence-corrected chi connectivity index (χ3v) is 5.89. The lowest BCUT2D eigenvalue weighted by atomic mass is 10.1. The van der Waals surface area contributed by atoms with Gasteiger partial charge in [0.25, 0.3) is 15.9 Å². The maximum atomic E-state index is 13.1. The number of hydrogen-bond donors (Lipinski definition) is 3. The summed E-state index contributed by atoms with van der Waals surface area (Å²) < 4.78 is 41.2. The van der Waals surface area contributed by atoms with Crippen molar-refractivity contribution >= 4 is 38.9 Å². The summed E-state index contributed by atoms with van der Waals surface area (Å²) >= 11 is 0. The number of anilines is 3. The van der Waals surface area contributed by atoms with Gasteiger partial charge in [-0.15, -0.1) is 0 Å². The second-order valence-corrected chi connectivity index (χ2v) is 8.34. The van der Waals surface area contributed by atoms with Gasteiger partial charge in [-0.3, -0.25) is 14.3 Å². The molecule has 0 fully saturated rings. The zero-order valence-corrected chi connectivity index (χ0v) is 16.3. The number of rotatable bonds is 5. The Hall–Kier alpha value is -3.72. The molecule has 0 aliphatic carbocycles. The second kappa shape index (κ2) is 7.60. The van der Waals surface area contributed by atoms with Crippen molar-refractivity contribution in [1.29, 1.82) is 0 Å². The highest BCUT2D eigenvalue weighted by Gasteiger charge is 2.23. The van der Waals surface area contributed by atoms with Gasteiger partial charge < -0.3 is 10.6 Å². The normalized spacial score (nSPS) is 12.8. The van der Waals surface area contributed by atoms with Crippen molar-refractivity contribution in [3.8, 4) is 0 Å². The highest BCUT2D eigenvalue weighted by atomic mass is 32.2. The quantitative estimate of drug-likeness (QED) is 0.583. The molecule has 0 bridgehead atoms. The van der Waals surface area contributed by atoms with E-state index in [1.54, 1.807) is 12.1 Å². The summed E-state index contributed by atoms with van der Waals surface area (Å²) in [7, 11) is -4.01. The molecule has 0 aromatic heterocycles. The largest absolute Gasteiger partial charge is 0.326 e. The minimum Gasteiger partial charge on any atom is -0.326 e. The summed E-state index contributed by atoms with van der Waals surface area (Å²) in [5.41, 5.74) is 1.73. The van der Waals surface area contributed by atoms with Crippen molar-refractivity contribution in [3.63, 3.8) is 0 Å². The van der Waals surface area contributed by atoms with Crippen LogP contribution in [0.5, 0.6) is 0 Å². The van der Waals surface area contributed by atoms with Gasteiger partial charge in [-0.2, -0.15) is 0 Å². The molecule has 0 spiro atoms. The first kappa shape index (κ1) is 19.6. The molecular weight excluding hydrogens is 409 g/mol. The van der Waals surface area contributed by atoms with Crippen LogP contribution in [0.25, 0.3) is 0 Å². The minimum absolute atomic E-state index is 0.0218. The molecule has 1 aliphatic rings. The topological polar surface area (TPSA) is 104 Å². The van der Waals surface area contributed by atoms with E-state index in [1.165, 1.54) is 54.6 Å². The summed E-state index contributed by atoms with van der Waals surface area (Å²) in [5, 5.41) is 5.25. The first-order valence-electron chi connectivity index (χ1n) is 8.93. The Morgan fingerprint density at radius 2 is 1.73 bits per heavy atom. The molecule has 0 radical (unpaired) electrons. The van der Waals surface area contributed by atoms with Gasteiger partial charge in [0.2, 0.25) is 5.91 Å². The van der Waals surface area contributed by atoms with E-state index in [2.05, 4.69) is 15.4 Å². The first-order valence-corrected chi connectivity index (χ1v) is 10.4. The Bertz CT molecular complexity index is 1260. The third-order valence-electron chi connectivity index (χ3n) is 4.53. The Labute approximate surface area is 172 Å². The predicted octanol–water partition coefficient (Wildman–Crippen LogP) is 3.37. The number of para-hydroxylation sites is 1. The molecule has 7 nitrogen and oxygen atoms in total. The molecule has 0 saturated heterocycles. The SMILES string of the molecule is O=C1Cc2cc(S(=O)(=O)Nc3ccccc3C(=O)Nc3ccc(F)cc3)ccc2N1. The van der Waals surface area contributed by atoms with Crippen LogP contribution >= 0.6 is 0 Å². The van der Waals surface area contributed by atoms with E-state index in [0.717, 1.165) is 0 Å². The molecule has 9 heteroatoms. The van der Waals surface area contributed by atoms with Gasteiger partial charge in [-0.1, -0.05) is 12.1 Å². The van der Waals surface area contributed by atoms with E-state index in [1.807, 2.05) is 0 Å². The molecule has 0 saturated carbocycles. The number of sulfonamides is 1. The summed E-state index contributed by atoms with van der Waals surface area (Å²) in [6, 6.07) is 15.7. The molecule has 3 aromatic rings. The summed E-state index contributed by atoms with van der Waals surface area (Å²) in [5.74, 6) is -1.19. The Morgan fingerprint density at radius 3 is 2.50 bits per heavy atom. The van der Waals surface area contributed by atoms with Crippen LogP contribution in [-0.2, 0) is 21.2 Å². The standard InChI is InChI=1S/C21H16FN3O4S/c22-14-5-7-15(8-6-14)23-21(27)17-3-1-2-4-19(17)25-30(28,29)16-9-10-18-13(11-16)12-20(26)24-18/h1-11,25H,12H2,(H,23,27)(H,24,26). The minimum atomic E-state index is -4.01. The van der Waals surface area contributed by atoms with Crippen LogP contribution in [0.1, 0.15) is 15.9 Å². The first-order chi connectivity index (χ1) is 14.3. The number of carbonyl (C=O) groups excluding carboxylic acids is 2. The van der Waals surface area contributed by atoms with E-state index in [0.29, 0.717) is 16.9 Å².